The van der Waals surface area contributed by atoms with Gasteiger partial charge in [-0.15, -0.1) is 5.10 Å². The number of nitrogens with one attached hydrogen (secondary N) is 2. The first-order chi connectivity index (χ1) is 16.5. The highest BCUT2D eigenvalue weighted by Crippen LogP contribution is 2.37. The Morgan fingerprint density at radius 3 is 2.68 bits per heavy atom. The smallest absolute Gasteiger partial charge is 0.269 e. The molecular formula is C23H18N8O3. The van der Waals surface area contributed by atoms with Crippen molar-refractivity contribution in [2.24, 2.45) is 0 Å². The second kappa shape index (κ2) is 8.54. The minimum absolute atomic E-state index is 0.0864. The Kier molecular flexibility index (Phi) is 5.26. The number of rotatable bonds is 5. The van der Waals surface area contributed by atoms with Crippen molar-refractivity contribution in [3.8, 4) is 11.4 Å². The van der Waals surface area contributed by atoms with Crippen molar-refractivity contribution in [1.82, 2.24) is 24.7 Å². The standard InChI is InChI=1S/C23H18N8O3/c1-14-19(22(32)27-17-5-3-9-25-13-17)20(16-4-2-6-18(12-16)31(33)34)30-23(26-14)28-21(29-30)15-7-10-24-11-8-15/h2-13,20H,1H3,(H,27,32)(H,26,28,29). The average Bonchev–Trinajstić information content (AvgIpc) is 3.28. The molecule has 5 rings (SSSR count). The number of benzene rings is 1. The molecular weight excluding hydrogens is 436 g/mol. The highest BCUT2D eigenvalue weighted by molar-refractivity contribution is 6.06. The van der Waals surface area contributed by atoms with Crippen LogP contribution < -0.4 is 10.6 Å². The zero-order chi connectivity index (χ0) is 23.7. The number of anilines is 2. The summed E-state index contributed by atoms with van der Waals surface area (Å²) in [4.78, 5) is 37.0. The molecule has 11 heteroatoms. The van der Waals surface area contributed by atoms with Gasteiger partial charge < -0.3 is 10.6 Å². The first-order valence-electron chi connectivity index (χ1n) is 10.3. The van der Waals surface area contributed by atoms with E-state index < -0.39 is 11.0 Å². The van der Waals surface area contributed by atoms with Crippen LogP contribution in [0.1, 0.15) is 18.5 Å². The number of carbonyl (C=O) groups excluding carboxylic acids is 1. The van der Waals surface area contributed by atoms with Gasteiger partial charge >= 0.3 is 0 Å². The molecule has 0 spiro atoms. The predicted molar refractivity (Wildman–Crippen MR) is 124 cm³/mol. The number of allylic oxidation sites excluding steroid dienone is 1. The lowest BCUT2D eigenvalue weighted by atomic mass is 9.94. The number of hydrogen-bond acceptors (Lipinski definition) is 8. The van der Waals surface area contributed by atoms with E-state index in [0.717, 1.165) is 5.56 Å². The van der Waals surface area contributed by atoms with Crippen molar-refractivity contribution >= 4 is 23.2 Å². The summed E-state index contributed by atoms with van der Waals surface area (Å²) in [7, 11) is 0. The summed E-state index contributed by atoms with van der Waals surface area (Å²) < 4.78 is 1.57. The van der Waals surface area contributed by atoms with Gasteiger partial charge in [-0.3, -0.25) is 24.9 Å². The zero-order valence-corrected chi connectivity index (χ0v) is 17.9. The van der Waals surface area contributed by atoms with Crippen LogP contribution in [0.5, 0.6) is 0 Å². The highest BCUT2D eigenvalue weighted by Gasteiger charge is 2.35. The number of nitrogens with zero attached hydrogens (tertiary/aromatic N) is 6. The maximum atomic E-state index is 13.4. The molecule has 0 aliphatic carbocycles. The maximum Gasteiger partial charge on any atom is 0.269 e. The van der Waals surface area contributed by atoms with Gasteiger partial charge in [-0.1, -0.05) is 12.1 Å². The molecule has 1 unspecified atom stereocenters. The lowest BCUT2D eigenvalue weighted by molar-refractivity contribution is -0.384. The van der Waals surface area contributed by atoms with Crippen LogP contribution in [0.2, 0.25) is 0 Å². The summed E-state index contributed by atoms with van der Waals surface area (Å²) in [5.41, 5.74) is 2.61. The van der Waals surface area contributed by atoms with Gasteiger partial charge in [-0.2, -0.15) is 4.98 Å². The fraction of sp³-hybridized carbons (Fsp3) is 0.0870. The van der Waals surface area contributed by atoms with Gasteiger partial charge in [0.05, 0.1) is 22.4 Å². The van der Waals surface area contributed by atoms with E-state index in [1.165, 1.54) is 18.3 Å². The second-order valence-corrected chi connectivity index (χ2v) is 7.55. The van der Waals surface area contributed by atoms with Crippen molar-refractivity contribution in [3.05, 3.63) is 100 Å². The molecule has 1 atom stereocenters. The fourth-order valence-corrected chi connectivity index (χ4v) is 3.82. The number of hydrogen-bond donors (Lipinski definition) is 2. The Bertz CT molecular complexity index is 1420. The van der Waals surface area contributed by atoms with Crippen molar-refractivity contribution in [2.45, 2.75) is 13.0 Å². The molecule has 0 saturated heterocycles. The first-order valence-corrected chi connectivity index (χ1v) is 10.3. The topological polar surface area (TPSA) is 141 Å². The third-order valence-corrected chi connectivity index (χ3v) is 5.35. The quantitative estimate of drug-likeness (QED) is 0.344. The minimum atomic E-state index is -0.754. The van der Waals surface area contributed by atoms with Crippen LogP contribution in [-0.2, 0) is 4.79 Å². The van der Waals surface area contributed by atoms with E-state index in [1.807, 2.05) is 0 Å². The predicted octanol–water partition coefficient (Wildman–Crippen LogP) is 3.57. The molecule has 0 radical (unpaired) electrons. The summed E-state index contributed by atoms with van der Waals surface area (Å²) >= 11 is 0. The molecule has 1 amide bonds. The number of nitro benzene ring substituents is 1. The van der Waals surface area contributed by atoms with Gasteiger partial charge in [-0.05, 0) is 36.8 Å². The van der Waals surface area contributed by atoms with Gasteiger partial charge in [0.25, 0.3) is 11.6 Å². The number of pyridine rings is 2. The Morgan fingerprint density at radius 2 is 1.94 bits per heavy atom. The highest BCUT2D eigenvalue weighted by atomic mass is 16.6. The third-order valence-electron chi connectivity index (χ3n) is 5.35. The van der Waals surface area contributed by atoms with Crippen LogP contribution in [0.15, 0.2) is 84.6 Å². The summed E-state index contributed by atoms with van der Waals surface area (Å²) in [5, 5.41) is 22.1. The van der Waals surface area contributed by atoms with Gasteiger partial charge in [0, 0.05) is 42.0 Å². The molecule has 3 aromatic heterocycles. The summed E-state index contributed by atoms with van der Waals surface area (Å²) in [6, 6.07) is 12.4. The van der Waals surface area contributed by atoms with Crippen molar-refractivity contribution < 1.29 is 9.72 Å². The Labute approximate surface area is 193 Å². The van der Waals surface area contributed by atoms with Crippen LogP contribution in [0.4, 0.5) is 17.3 Å². The van der Waals surface area contributed by atoms with Crippen molar-refractivity contribution in [2.75, 3.05) is 10.6 Å². The number of non-ortho nitro benzene ring substituents is 1. The van der Waals surface area contributed by atoms with E-state index in [1.54, 1.807) is 66.6 Å². The molecule has 4 heterocycles. The van der Waals surface area contributed by atoms with Crippen molar-refractivity contribution in [3.63, 3.8) is 0 Å². The number of amides is 1. The molecule has 0 bridgehead atoms. The molecule has 4 aromatic rings. The zero-order valence-electron chi connectivity index (χ0n) is 17.9. The SMILES string of the molecule is CC1=C(C(=O)Nc2cccnc2)C(c2cccc([N+](=O)[O-])c2)n2nc(-c3ccncc3)nc2N1. The minimum Gasteiger partial charge on any atom is -0.328 e. The van der Waals surface area contributed by atoms with Gasteiger partial charge in [-0.25, -0.2) is 4.68 Å². The van der Waals surface area contributed by atoms with Crippen molar-refractivity contribution in [1.29, 1.82) is 0 Å². The maximum absolute atomic E-state index is 13.4. The molecule has 0 fully saturated rings. The lowest BCUT2D eigenvalue weighted by Gasteiger charge is -2.28. The number of fused-ring (bicyclic) bond motifs is 1. The Morgan fingerprint density at radius 1 is 1.12 bits per heavy atom. The van der Waals surface area contributed by atoms with Gasteiger partial charge in [0.1, 0.15) is 6.04 Å². The van der Waals surface area contributed by atoms with Crippen LogP contribution in [0.3, 0.4) is 0 Å². The molecule has 2 N–H and O–H groups in total. The van der Waals surface area contributed by atoms with Crippen LogP contribution >= 0.6 is 0 Å². The van der Waals surface area contributed by atoms with E-state index in [2.05, 4.69) is 30.7 Å². The monoisotopic (exact) mass is 454 g/mol. The van der Waals surface area contributed by atoms with Crippen LogP contribution in [-0.4, -0.2) is 35.6 Å². The van der Waals surface area contributed by atoms with Gasteiger partial charge in [0.15, 0.2) is 5.82 Å². The second-order valence-electron chi connectivity index (χ2n) is 7.55. The molecule has 1 aliphatic rings. The van der Waals surface area contributed by atoms with Crippen LogP contribution in [0.25, 0.3) is 11.4 Å². The normalized spacial score (nSPS) is 14.8. The number of carbonyl (C=O) groups is 1. The molecule has 0 saturated carbocycles. The van der Waals surface area contributed by atoms with E-state index in [9.17, 15) is 14.9 Å². The lowest BCUT2D eigenvalue weighted by Crippen LogP contribution is -2.31. The first kappa shape index (κ1) is 20.9. The Hall–Kier alpha value is -4.93. The third kappa shape index (κ3) is 3.86. The molecule has 11 nitrogen and oxygen atoms in total. The Balaban J connectivity index is 1.63. The summed E-state index contributed by atoms with van der Waals surface area (Å²) in [5.74, 6) is 0.460. The largest absolute Gasteiger partial charge is 0.328 e. The van der Waals surface area contributed by atoms with E-state index in [-0.39, 0.29) is 11.6 Å². The van der Waals surface area contributed by atoms with Crippen LogP contribution in [0, 0.1) is 10.1 Å². The summed E-state index contributed by atoms with van der Waals surface area (Å²) in [6.07, 6.45) is 6.42. The molecule has 1 aliphatic heterocycles. The van der Waals surface area contributed by atoms with Gasteiger partial charge in [0.2, 0.25) is 5.95 Å². The number of nitro groups is 1. The number of aromatic nitrogens is 5. The van der Waals surface area contributed by atoms with E-state index in [4.69, 9.17) is 0 Å². The average molecular weight is 454 g/mol. The molecule has 168 valence electrons. The van der Waals surface area contributed by atoms with E-state index in [0.29, 0.717) is 34.3 Å². The van der Waals surface area contributed by atoms with E-state index >= 15 is 0 Å². The molecule has 34 heavy (non-hydrogen) atoms. The fourth-order valence-electron chi connectivity index (χ4n) is 3.82. The summed E-state index contributed by atoms with van der Waals surface area (Å²) in [6.45, 7) is 1.76. The molecule has 1 aromatic carbocycles.